The van der Waals surface area contributed by atoms with Gasteiger partial charge in [0.05, 0.1) is 18.0 Å². The highest BCUT2D eigenvalue weighted by Gasteiger charge is 2.18. The molecule has 0 radical (unpaired) electrons. The van der Waals surface area contributed by atoms with Crippen molar-refractivity contribution >= 4 is 40.0 Å². The van der Waals surface area contributed by atoms with Gasteiger partial charge in [0.25, 0.3) is 5.78 Å². The maximum Gasteiger partial charge on any atom is 0.376 e. The van der Waals surface area contributed by atoms with Gasteiger partial charge >= 0.3 is 5.97 Å². The number of halogens is 1. The molecular weight excluding hydrogens is 370 g/mol. The molecule has 3 aromatic rings. The minimum Gasteiger partial charge on any atom is -0.507 e. The Labute approximate surface area is 159 Å². The van der Waals surface area contributed by atoms with E-state index in [1.54, 1.807) is 24.4 Å². The lowest BCUT2D eigenvalue weighted by atomic mass is 10.1. The maximum absolute atomic E-state index is 11.5. The molecule has 1 heterocycles. The van der Waals surface area contributed by atoms with Crippen molar-refractivity contribution in [2.24, 2.45) is 0 Å². The van der Waals surface area contributed by atoms with Gasteiger partial charge in [-0.3, -0.25) is 4.79 Å². The number of fused-ring (bicyclic) bond motifs is 1. The standard InChI is InChI=1S/C20H16ClNO5/c1-27-18-8-4-7-15-19(18)13(16(23)9-17(24)20(25)26)11-22(15)10-12-5-2-3-6-14(12)21/h2-9,11,23H,10H2,1H3,(H,25,26). The van der Waals surface area contributed by atoms with Crippen LogP contribution in [0.25, 0.3) is 16.7 Å². The van der Waals surface area contributed by atoms with Crippen LogP contribution < -0.4 is 4.74 Å². The summed E-state index contributed by atoms with van der Waals surface area (Å²) in [5, 5.41) is 20.3. The lowest BCUT2D eigenvalue weighted by molar-refractivity contribution is -0.146. The number of hydrogen-bond donors (Lipinski definition) is 2. The molecule has 0 saturated carbocycles. The summed E-state index contributed by atoms with van der Waals surface area (Å²) in [4.78, 5) is 22.3. The molecule has 1 aromatic heterocycles. The number of aromatic nitrogens is 1. The molecule has 0 fully saturated rings. The number of aliphatic hydroxyl groups is 1. The highest BCUT2D eigenvalue weighted by molar-refractivity contribution is 6.38. The second-order valence-electron chi connectivity index (χ2n) is 5.82. The van der Waals surface area contributed by atoms with E-state index in [1.165, 1.54) is 7.11 Å². The first-order valence-corrected chi connectivity index (χ1v) is 8.37. The average molecular weight is 386 g/mol. The van der Waals surface area contributed by atoms with Gasteiger partial charge in [-0.15, -0.1) is 0 Å². The molecule has 0 bridgehead atoms. The van der Waals surface area contributed by atoms with Crippen molar-refractivity contribution in [2.75, 3.05) is 7.11 Å². The fourth-order valence-corrected chi connectivity index (χ4v) is 3.08. The van der Waals surface area contributed by atoms with E-state index >= 15 is 0 Å². The van der Waals surface area contributed by atoms with E-state index in [2.05, 4.69) is 0 Å². The van der Waals surface area contributed by atoms with Gasteiger partial charge in [0.2, 0.25) is 0 Å². The summed E-state index contributed by atoms with van der Waals surface area (Å²) in [6, 6.07) is 12.7. The average Bonchev–Trinajstić information content (AvgIpc) is 3.02. The molecule has 0 spiro atoms. The van der Waals surface area contributed by atoms with E-state index in [0.717, 1.165) is 11.1 Å². The number of ketones is 1. The molecule has 2 N–H and O–H groups in total. The highest BCUT2D eigenvalue weighted by Crippen LogP contribution is 2.34. The largest absolute Gasteiger partial charge is 0.507 e. The zero-order valence-corrected chi connectivity index (χ0v) is 15.1. The third-order valence-corrected chi connectivity index (χ3v) is 4.51. The molecule has 138 valence electrons. The quantitative estimate of drug-likeness (QED) is 0.381. The Balaban J connectivity index is 2.18. The molecule has 0 amide bonds. The van der Waals surface area contributed by atoms with Gasteiger partial charge in [-0.2, -0.15) is 0 Å². The van der Waals surface area contributed by atoms with Crippen molar-refractivity contribution in [1.82, 2.24) is 4.57 Å². The van der Waals surface area contributed by atoms with E-state index < -0.39 is 17.5 Å². The van der Waals surface area contributed by atoms with Gasteiger partial charge in [-0.1, -0.05) is 35.9 Å². The number of methoxy groups -OCH3 is 1. The second-order valence-corrected chi connectivity index (χ2v) is 6.22. The van der Waals surface area contributed by atoms with Gasteiger partial charge in [0.15, 0.2) is 0 Å². The number of ether oxygens (including phenoxy) is 1. The van der Waals surface area contributed by atoms with Crippen molar-refractivity contribution in [3.8, 4) is 5.75 Å². The van der Waals surface area contributed by atoms with Crippen LogP contribution in [0.3, 0.4) is 0 Å². The Bertz CT molecular complexity index is 1070. The number of carboxylic acids is 1. The van der Waals surface area contributed by atoms with Crippen LogP contribution in [0.1, 0.15) is 11.1 Å². The van der Waals surface area contributed by atoms with E-state index in [1.807, 2.05) is 28.8 Å². The normalized spacial score (nSPS) is 11.6. The number of carbonyl (C=O) groups excluding carboxylic acids is 1. The number of rotatable bonds is 6. The molecule has 0 unspecified atom stereocenters. The maximum atomic E-state index is 11.5. The first-order chi connectivity index (χ1) is 12.9. The third kappa shape index (κ3) is 3.66. The Kier molecular flexibility index (Phi) is 5.19. The van der Waals surface area contributed by atoms with Crippen LogP contribution in [0.5, 0.6) is 5.75 Å². The molecule has 0 aliphatic carbocycles. The summed E-state index contributed by atoms with van der Waals surface area (Å²) in [6.07, 6.45) is 2.32. The smallest absolute Gasteiger partial charge is 0.376 e. The fourth-order valence-electron chi connectivity index (χ4n) is 2.89. The van der Waals surface area contributed by atoms with E-state index in [9.17, 15) is 14.7 Å². The van der Waals surface area contributed by atoms with Crippen LogP contribution in [-0.2, 0) is 16.1 Å². The number of nitrogens with zero attached hydrogens (tertiary/aromatic N) is 1. The van der Waals surface area contributed by atoms with Crippen molar-refractivity contribution in [2.45, 2.75) is 6.54 Å². The van der Waals surface area contributed by atoms with E-state index in [4.69, 9.17) is 21.4 Å². The fraction of sp³-hybridized carbons (Fsp3) is 0.100. The Morgan fingerprint density at radius 3 is 2.56 bits per heavy atom. The molecule has 0 saturated heterocycles. The molecule has 0 aliphatic rings. The van der Waals surface area contributed by atoms with Crippen molar-refractivity contribution in [1.29, 1.82) is 0 Å². The minimum absolute atomic E-state index is 0.295. The first-order valence-electron chi connectivity index (χ1n) is 8.00. The number of aliphatic hydroxyl groups excluding tert-OH is 1. The summed E-state index contributed by atoms with van der Waals surface area (Å²) in [5.74, 6) is -2.82. The number of hydrogen-bond acceptors (Lipinski definition) is 4. The van der Waals surface area contributed by atoms with Crippen LogP contribution >= 0.6 is 11.6 Å². The molecule has 2 aromatic carbocycles. The minimum atomic E-state index is -1.65. The van der Waals surface area contributed by atoms with Gasteiger partial charge in [-0.05, 0) is 23.8 Å². The zero-order chi connectivity index (χ0) is 19.6. The van der Waals surface area contributed by atoms with Gasteiger partial charge in [0, 0.05) is 29.4 Å². The summed E-state index contributed by atoms with van der Waals surface area (Å²) in [5.41, 5.74) is 1.91. The van der Waals surface area contributed by atoms with Crippen LogP contribution in [0, 0.1) is 0 Å². The molecule has 3 rings (SSSR count). The van der Waals surface area contributed by atoms with Crippen molar-refractivity contribution in [3.05, 3.63) is 70.9 Å². The SMILES string of the molecule is COc1cccc2c1c(C(O)=CC(=O)C(=O)O)cn2Cc1ccccc1Cl. The molecular formula is C20H16ClNO5. The summed E-state index contributed by atoms with van der Waals surface area (Å²) in [6.45, 7) is 0.420. The van der Waals surface area contributed by atoms with Crippen LogP contribution in [0.2, 0.25) is 5.02 Å². The predicted octanol–water partition coefficient (Wildman–Crippen LogP) is 3.90. The van der Waals surface area contributed by atoms with Crippen LogP contribution in [-0.4, -0.2) is 33.6 Å². The molecule has 0 atom stereocenters. The number of carbonyl (C=O) groups is 2. The molecule has 7 heteroatoms. The summed E-state index contributed by atoms with van der Waals surface area (Å²) >= 11 is 6.25. The highest BCUT2D eigenvalue weighted by atomic mass is 35.5. The van der Waals surface area contributed by atoms with Crippen LogP contribution in [0.4, 0.5) is 0 Å². The summed E-state index contributed by atoms with van der Waals surface area (Å²) in [7, 11) is 1.49. The monoisotopic (exact) mass is 385 g/mol. The Morgan fingerprint density at radius 2 is 1.89 bits per heavy atom. The lowest BCUT2D eigenvalue weighted by Crippen LogP contribution is -2.09. The molecule has 0 aliphatic heterocycles. The van der Waals surface area contributed by atoms with Gasteiger partial charge in [-0.25, -0.2) is 4.79 Å². The first kappa shape index (κ1) is 18.5. The molecule has 27 heavy (non-hydrogen) atoms. The van der Waals surface area contributed by atoms with E-state index in [-0.39, 0.29) is 0 Å². The number of benzene rings is 2. The topological polar surface area (TPSA) is 88.8 Å². The zero-order valence-electron chi connectivity index (χ0n) is 14.3. The molecule has 6 nitrogen and oxygen atoms in total. The summed E-state index contributed by atoms with van der Waals surface area (Å²) < 4.78 is 7.23. The van der Waals surface area contributed by atoms with Gasteiger partial charge in [0.1, 0.15) is 11.5 Å². The van der Waals surface area contributed by atoms with Crippen LogP contribution in [0.15, 0.2) is 54.7 Å². The van der Waals surface area contributed by atoms with Crippen molar-refractivity contribution < 1.29 is 24.5 Å². The lowest BCUT2D eigenvalue weighted by Gasteiger charge is -2.08. The predicted molar refractivity (Wildman–Crippen MR) is 102 cm³/mol. The third-order valence-electron chi connectivity index (χ3n) is 4.14. The van der Waals surface area contributed by atoms with Gasteiger partial charge < -0.3 is 19.5 Å². The van der Waals surface area contributed by atoms with Crippen molar-refractivity contribution in [3.63, 3.8) is 0 Å². The number of aliphatic carboxylic acids is 1. The Morgan fingerprint density at radius 1 is 1.15 bits per heavy atom. The second kappa shape index (κ2) is 7.55. The number of carboxylic acid groups (broad SMARTS) is 1. The van der Waals surface area contributed by atoms with E-state index in [0.29, 0.717) is 34.3 Å². The Hall–Kier alpha value is -3.25.